The lowest BCUT2D eigenvalue weighted by Crippen LogP contribution is -2.15. The summed E-state index contributed by atoms with van der Waals surface area (Å²) in [6.45, 7) is 8.30. The molecule has 0 saturated carbocycles. The minimum atomic E-state index is -0.340. The molecule has 0 atom stereocenters. The van der Waals surface area contributed by atoms with Crippen molar-refractivity contribution in [3.63, 3.8) is 0 Å². The Morgan fingerprint density at radius 2 is 0.613 bits per heavy atom. The molecule has 2 nitrogen and oxygen atoms in total. The number of nitrogens with zero attached hydrogens (tertiary/aromatic N) is 2. The quantitative estimate of drug-likeness (QED) is 0.126. The molecule has 0 N–H and O–H groups in total. The number of aryl methyl sites for hydroxylation is 4. The average molecular weight is 1030 g/mol. The van der Waals surface area contributed by atoms with Crippen LogP contribution in [0.5, 0.6) is 0 Å². The van der Waals surface area contributed by atoms with Gasteiger partial charge in [-0.15, -0.1) is 0 Å². The van der Waals surface area contributed by atoms with Gasteiger partial charge in [0.15, 0.2) is 0 Å². The second-order valence-electron chi connectivity index (χ2n) is 21.5. The van der Waals surface area contributed by atoms with Crippen LogP contribution in [0.4, 0.5) is 42.9 Å². The van der Waals surface area contributed by atoms with Crippen LogP contribution in [0.25, 0.3) is 98.4 Å². The maximum Gasteiger partial charge on any atom is 0.148 e. The third-order valence-corrected chi connectivity index (χ3v) is 16.0. The summed E-state index contributed by atoms with van der Waals surface area (Å²) in [6, 6.07) is 87.8. The number of halogens is 2. The van der Waals surface area contributed by atoms with E-state index in [1.807, 2.05) is 24.3 Å². The molecule has 382 valence electrons. The predicted molar refractivity (Wildman–Crippen MR) is 335 cm³/mol. The topological polar surface area (TPSA) is 6.48 Å². The third kappa shape index (κ3) is 8.48. The van der Waals surface area contributed by atoms with E-state index in [0.717, 1.165) is 143 Å². The smallest absolute Gasteiger partial charge is 0.148 e. The first-order valence-corrected chi connectivity index (χ1v) is 27.3. The molecule has 14 rings (SSSR count). The standard InChI is InChI=1S/C76H54F2N2/c1-47-13-9-21-55(37-47)61-43-67(59-23-11-15-49(3)39-59)75(69(77)45-61)79(63-31-25-51-17-5-7-19-57(51)41-63)71-35-29-53-28-34-66-72(36-30-54-27-33-65(71)73(53)74(54)66)80(64-32-26-52-18-6-8-20-58(52)42-64)76-68(60-24-12-16-50(4)40-60)44-62(46-70(76)78)56-22-10-14-48(2)38-56/h5-46H,1-4H3. The lowest BCUT2D eigenvalue weighted by molar-refractivity contribution is 0.629. The second-order valence-corrected chi connectivity index (χ2v) is 21.5. The molecule has 80 heavy (non-hydrogen) atoms. The highest BCUT2D eigenvalue weighted by Crippen LogP contribution is 2.52. The summed E-state index contributed by atoms with van der Waals surface area (Å²) in [6.07, 6.45) is 0. The lowest BCUT2D eigenvalue weighted by Gasteiger charge is -2.32. The van der Waals surface area contributed by atoms with Crippen LogP contribution in [-0.2, 0) is 0 Å². The van der Waals surface area contributed by atoms with Crippen molar-refractivity contribution in [2.24, 2.45) is 0 Å². The molecule has 0 saturated heterocycles. The van der Waals surface area contributed by atoms with E-state index in [4.69, 9.17) is 0 Å². The molecule has 0 heterocycles. The minimum Gasteiger partial charge on any atom is -0.307 e. The van der Waals surface area contributed by atoms with E-state index in [0.29, 0.717) is 11.4 Å². The van der Waals surface area contributed by atoms with Gasteiger partial charge in [-0.3, -0.25) is 0 Å². The summed E-state index contributed by atoms with van der Waals surface area (Å²) in [5.41, 5.74) is 15.5. The molecule has 0 aliphatic carbocycles. The van der Waals surface area contributed by atoms with Crippen molar-refractivity contribution in [3.8, 4) is 44.5 Å². The van der Waals surface area contributed by atoms with Crippen LogP contribution in [0.1, 0.15) is 22.3 Å². The Labute approximate surface area is 465 Å². The maximum atomic E-state index is 18.2. The van der Waals surface area contributed by atoms with Crippen molar-refractivity contribution in [2.75, 3.05) is 9.80 Å². The number of rotatable bonds is 10. The predicted octanol–water partition coefficient (Wildman–Crippen LogP) is 22.0. The summed E-state index contributed by atoms with van der Waals surface area (Å²) in [4.78, 5) is 4.26. The van der Waals surface area contributed by atoms with E-state index in [-0.39, 0.29) is 11.6 Å². The average Bonchev–Trinajstić information content (AvgIpc) is 3.22. The van der Waals surface area contributed by atoms with Gasteiger partial charge in [-0.1, -0.05) is 216 Å². The van der Waals surface area contributed by atoms with Gasteiger partial charge in [0.25, 0.3) is 0 Å². The normalized spacial score (nSPS) is 11.6. The van der Waals surface area contributed by atoms with Gasteiger partial charge in [-0.05, 0) is 165 Å². The summed E-state index contributed by atoms with van der Waals surface area (Å²) in [5, 5.41) is 10.3. The molecule has 14 aromatic carbocycles. The molecule has 0 radical (unpaired) electrons. The summed E-state index contributed by atoms with van der Waals surface area (Å²) >= 11 is 0. The van der Waals surface area contributed by atoms with Gasteiger partial charge in [0.1, 0.15) is 11.6 Å². The number of hydrogen-bond acceptors (Lipinski definition) is 2. The summed E-state index contributed by atoms with van der Waals surface area (Å²) in [7, 11) is 0. The molecule has 0 aromatic heterocycles. The zero-order valence-corrected chi connectivity index (χ0v) is 44.9. The molecule has 0 aliphatic heterocycles. The van der Waals surface area contributed by atoms with Crippen LogP contribution in [0.2, 0.25) is 0 Å². The second kappa shape index (κ2) is 19.5. The largest absolute Gasteiger partial charge is 0.307 e. The van der Waals surface area contributed by atoms with E-state index in [2.05, 4.69) is 256 Å². The van der Waals surface area contributed by atoms with Crippen LogP contribution in [0, 0.1) is 39.3 Å². The molecule has 4 heteroatoms. The highest BCUT2D eigenvalue weighted by Gasteiger charge is 2.29. The van der Waals surface area contributed by atoms with Crippen molar-refractivity contribution in [1.82, 2.24) is 0 Å². The third-order valence-electron chi connectivity index (χ3n) is 16.0. The van der Waals surface area contributed by atoms with E-state index >= 15 is 8.78 Å². The van der Waals surface area contributed by atoms with Crippen molar-refractivity contribution < 1.29 is 8.78 Å². The number of benzene rings is 14. The summed E-state index contributed by atoms with van der Waals surface area (Å²) in [5.74, 6) is -0.680. The summed E-state index contributed by atoms with van der Waals surface area (Å²) < 4.78 is 36.5. The van der Waals surface area contributed by atoms with E-state index in [9.17, 15) is 0 Å². The van der Waals surface area contributed by atoms with Gasteiger partial charge < -0.3 is 9.80 Å². The Morgan fingerprint density at radius 3 is 1.01 bits per heavy atom. The van der Waals surface area contributed by atoms with Crippen molar-refractivity contribution in [2.45, 2.75) is 27.7 Å². The van der Waals surface area contributed by atoms with E-state index in [1.54, 1.807) is 12.1 Å². The van der Waals surface area contributed by atoms with Crippen LogP contribution < -0.4 is 9.80 Å². The maximum absolute atomic E-state index is 18.2. The first kappa shape index (κ1) is 48.5. The number of anilines is 6. The molecule has 0 bridgehead atoms. The first-order valence-electron chi connectivity index (χ1n) is 27.3. The number of hydrogen-bond donors (Lipinski definition) is 0. The van der Waals surface area contributed by atoms with Gasteiger partial charge >= 0.3 is 0 Å². The Kier molecular flexibility index (Phi) is 11.8. The van der Waals surface area contributed by atoms with E-state index in [1.165, 1.54) is 0 Å². The van der Waals surface area contributed by atoms with Crippen molar-refractivity contribution >= 4 is 88.0 Å². The first-order chi connectivity index (χ1) is 39.1. The van der Waals surface area contributed by atoms with Gasteiger partial charge in [0, 0.05) is 33.3 Å². The Balaban J connectivity index is 1.05. The molecular weight excluding hydrogens is 979 g/mol. The molecule has 0 aliphatic rings. The molecule has 0 spiro atoms. The van der Waals surface area contributed by atoms with Crippen molar-refractivity contribution in [1.29, 1.82) is 0 Å². The lowest BCUT2D eigenvalue weighted by atomic mass is 9.90. The fraction of sp³-hybridized carbons (Fsp3) is 0.0526. The molecule has 0 fully saturated rings. The minimum absolute atomic E-state index is 0.340. The van der Waals surface area contributed by atoms with Crippen molar-refractivity contribution in [3.05, 3.63) is 289 Å². The van der Waals surface area contributed by atoms with Gasteiger partial charge in [0.05, 0.1) is 22.7 Å². The fourth-order valence-electron chi connectivity index (χ4n) is 12.3. The zero-order chi connectivity index (χ0) is 54.2. The highest BCUT2D eigenvalue weighted by molar-refractivity contribution is 6.28. The van der Waals surface area contributed by atoms with Crippen LogP contribution in [0.3, 0.4) is 0 Å². The molecule has 0 amide bonds. The van der Waals surface area contributed by atoms with Crippen LogP contribution in [0.15, 0.2) is 255 Å². The zero-order valence-electron chi connectivity index (χ0n) is 44.9. The number of fused-ring (bicyclic) bond motifs is 2. The monoisotopic (exact) mass is 1030 g/mol. The Morgan fingerprint density at radius 1 is 0.263 bits per heavy atom. The Bertz CT molecular complexity index is 4460. The van der Waals surface area contributed by atoms with Gasteiger partial charge in [-0.25, -0.2) is 8.78 Å². The SMILES string of the molecule is Cc1cccc(-c2cc(F)c(N(c3ccc4ccccc4c3)c3ccc4ccc5c(N(c6ccc7ccccc7c6)c6c(F)cc(-c7cccc(C)c7)cc6-c6cccc(C)c6)ccc6ccc3c4c65)c(-c3cccc(C)c3)c2)c1. The van der Waals surface area contributed by atoms with Gasteiger partial charge in [0.2, 0.25) is 0 Å². The van der Waals surface area contributed by atoms with Gasteiger partial charge in [-0.2, -0.15) is 0 Å². The highest BCUT2D eigenvalue weighted by atomic mass is 19.1. The molecular formula is C76H54F2N2. The van der Waals surface area contributed by atoms with E-state index < -0.39 is 0 Å². The van der Waals surface area contributed by atoms with Crippen LogP contribution >= 0.6 is 0 Å². The molecule has 14 aromatic rings. The fourth-order valence-corrected chi connectivity index (χ4v) is 12.3. The Hall–Kier alpha value is -9.90. The van der Waals surface area contributed by atoms with Crippen LogP contribution in [-0.4, -0.2) is 0 Å². The molecule has 0 unspecified atom stereocenters.